The van der Waals surface area contributed by atoms with Gasteiger partial charge in [-0.2, -0.15) is 5.10 Å². The molecule has 3 aromatic carbocycles. The number of ether oxygens (including phenoxy) is 3. The third-order valence-corrected chi connectivity index (χ3v) is 6.74. The second-order valence-electron chi connectivity index (χ2n) is 8.78. The van der Waals surface area contributed by atoms with E-state index in [1.165, 1.54) is 12.1 Å². The summed E-state index contributed by atoms with van der Waals surface area (Å²) in [5.41, 5.74) is 4.33. The lowest BCUT2D eigenvalue weighted by Gasteiger charge is -2.26. The van der Waals surface area contributed by atoms with Gasteiger partial charge in [-0.3, -0.25) is 20.0 Å². The molecule has 194 valence electrons. The number of nitrogens with zero attached hydrogens (tertiary/aromatic N) is 3. The minimum atomic E-state index is -0.478. The van der Waals surface area contributed by atoms with Crippen LogP contribution in [0, 0.1) is 10.1 Å². The molecule has 10 heteroatoms. The van der Waals surface area contributed by atoms with Crippen LogP contribution in [0.2, 0.25) is 0 Å². The molecule has 2 heterocycles. The highest BCUT2D eigenvalue weighted by Crippen LogP contribution is 2.43. The molecule has 0 aliphatic carbocycles. The Morgan fingerprint density at radius 2 is 1.66 bits per heavy atom. The fourth-order valence-corrected chi connectivity index (χ4v) is 4.81. The van der Waals surface area contributed by atoms with Gasteiger partial charge in [0.15, 0.2) is 11.5 Å². The van der Waals surface area contributed by atoms with E-state index < -0.39 is 11.0 Å². The van der Waals surface area contributed by atoms with Crippen LogP contribution in [0.4, 0.5) is 5.69 Å². The molecule has 1 atom stereocenters. The van der Waals surface area contributed by atoms with Gasteiger partial charge in [-0.25, -0.2) is 0 Å². The SMILES string of the molecule is COc1ccc(-c2n[nH]c3c2C(c2ccc([N+](=O)[O-])cc2)N(CCc2ccc(OC)c(OC)c2)C3=O)cc1. The number of carbonyl (C=O) groups excluding carboxylic acids is 1. The molecule has 1 amide bonds. The predicted molar refractivity (Wildman–Crippen MR) is 140 cm³/mol. The Hall–Kier alpha value is -4.86. The minimum absolute atomic E-state index is 0.0160. The average molecular weight is 515 g/mol. The molecule has 1 aliphatic rings. The van der Waals surface area contributed by atoms with Gasteiger partial charge in [-0.15, -0.1) is 0 Å². The van der Waals surface area contributed by atoms with Gasteiger partial charge in [0.1, 0.15) is 11.4 Å². The smallest absolute Gasteiger partial charge is 0.273 e. The molecule has 1 aliphatic heterocycles. The standard InChI is InChI=1S/C28H26N4O6/c1-36-21-11-7-18(8-12-21)25-24-26(30-29-25)28(33)31(27(24)19-5-9-20(10-6-19)32(34)35)15-14-17-4-13-22(37-2)23(16-17)38-3/h4-13,16,27H,14-15H2,1-3H3,(H,29,30). The molecular formula is C28H26N4O6. The molecule has 10 nitrogen and oxygen atoms in total. The van der Waals surface area contributed by atoms with Gasteiger partial charge in [0.2, 0.25) is 0 Å². The number of amides is 1. The lowest BCUT2D eigenvalue weighted by molar-refractivity contribution is -0.384. The first-order valence-corrected chi connectivity index (χ1v) is 11.9. The molecule has 1 N–H and O–H groups in total. The largest absolute Gasteiger partial charge is 0.497 e. The summed E-state index contributed by atoms with van der Waals surface area (Å²) < 4.78 is 16.0. The van der Waals surface area contributed by atoms with Crippen molar-refractivity contribution in [2.24, 2.45) is 0 Å². The molecule has 5 rings (SSSR count). The zero-order chi connectivity index (χ0) is 26.8. The van der Waals surface area contributed by atoms with E-state index in [2.05, 4.69) is 10.2 Å². The molecule has 1 unspecified atom stereocenters. The van der Waals surface area contributed by atoms with Gasteiger partial charge < -0.3 is 19.1 Å². The third kappa shape index (κ3) is 4.40. The summed E-state index contributed by atoms with van der Waals surface area (Å²) in [5.74, 6) is 1.76. The van der Waals surface area contributed by atoms with Crippen molar-refractivity contribution in [3.63, 3.8) is 0 Å². The monoisotopic (exact) mass is 514 g/mol. The molecular weight excluding hydrogens is 488 g/mol. The second-order valence-corrected chi connectivity index (χ2v) is 8.78. The van der Waals surface area contributed by atoms with Crippen molar-refractivity contribution in [2.45, 2.75) is 12.5 Å². The molecule has 0 radical (unpaired) electrons. The Morgan fingerprint density at radius 1 is 0.947 bits per heavy atom. The summed E-state index contributed by atoms with van der Waals surface area (Å²) in [6, 6.07) is 18.9. The van der Waals surface area contributed by atoms with Gasteiger partial charge in [0.25, 0.3) is 11.6 Å². The zero-order valence-corrected chi connectivity index (χ0v) is 21.1. The van der Waals surface area contributed by atoms with Crippen molar-refractivity contribution >= 4 is 11.6 Å². The van der Waals surface area contributed by atoms with Crippen molar-refractivity contribution in [1.82, 2.24) is 15.1 Å². The van der Waals surface area contributed by atoms with E-state index in [1.807, 2.05) is 42.5 Å². The second kappa shape index (κ2) is 10.3. The van der Waals surface area contributed by atoms with E-state index in [-0.39, 0.29) is 11.6 Å². The number of nitro groups is 1. The van der Waals surface area contributed by atoms with Crippen LogP contribution in [-0.2, 0) is 6.42 Å². The molecule has 0 bridgehead atoms. The number of nitrogens with one attached hydrogen (secondary N) is 1. The van der Waals surface area contributed by atoms with Crippen molar-refractivity contribution in [3.8, 4) is 28.5 Å². The van der Waals surface area contributed by atoms with Crippen LogP contribution in [-0.4, -0.2) is 53.8 Å². The summed E-state index contributed by atoms with van der Waals surface area (Å²) in [5, 5.41) is 18.7. The van der Waals surface area contributed by atoms with Gasteiger partial charge in [-0.1, -0.05) is 6.07 Å². The van der Waals surface area contributed by atoms with Crippen molar-refractivity contribution < 1.29 is 23.9 Å². The molecule has 38 heavy (non-hydrogen) atoms. The van der Waals surface area contributed by atoms with Gasteiger partial charge in [0, 0.05) is 29.8 Å². The Bertz CT molecular complexity index is 1480. The fourth-order valence-electron chi connectivity index (χ4n) is 4.81. The number of aromatic amines is 1. The number of nitro benzene ring substituents is 1. The number of benzene rings is 3. The van der Waals surface area contributed by atoms with Crippen LogP contribution >= 0.6 is 0 Å². The number of carbonyl (C=O) groups is 1. The predicted octanol–water partition coefficient (Wildman–Crippen LogP) is 4.80. The average Bonchev–Trinajstić information content (AvgIpc) is 3.50. The normalized spacial score (nSPS) is 14.3. The van der Waals surface area contributed by atoms with Gasteiger partial charge >= 0.3 is 0 Å². The summed E-state index contributed by atoms with van der Waals surface area (Å²) in [7, 11) is 4.76. The highest BCUT2D eigenvalue weighted by atomic mass is 16.6. The number of H-pyrrole nitrogens is 1. The lowest BCUT2D eigenvalue weighted by Crippen LogP contribution is -2.31. The quantitative estimate of drug-likeness (QED) is 0.252. The summed E-state index contributed by atoms with van der Waals surface area (Å²) in [6.45, 7) is 0.403. The van der Waals surface area contributed by atoms with E-state index in [0.717, 1.165) is 22.3 Å². The van der Waals surface area contributed by atoms with Crippen molar-refractivity contribution in [2.75, 3.05) is 27.9 Å². The minimum Gasteiger partial charge on any atom is -0.497 e. The summed E-state index contributed by atoms with van der Waals surface area (Å²) in [4.78, 5) is 26.2. The van der Waals surface area contributed by atoms with E-state index in [1.54, 1.807) is 38.4 Å². The zero-order valence-electron chi connectivity index (χ0n) is 21.1. The first-order chi connectivity index (χ1) is 18.4. The molecule has 4 aromatic rings. The summed E-state index contributed by atoms with van der Waals surface area (Å²) >= 11 is 0. The summed E-state index contributed by atoms with van der Waals surface area (Å²) in [6.07, 6.45) is 0.561. The maximum atomic E-state index is 13.6. The lowest BCUT2D eigenvalue weighted by atomic mass is 9.95. The number of hydrogen-bond acceptors (Lipinski definition) is 7. The molecule has 1 aromatic heterocycles. The topological polar surface area (TPSA) is 120 Å². The van der Waals surface area contributed by atoms with E-state index >= 15 is 0 Å². The fraction of sp³-hybridized carbons (Fsp3) is 0.214. The maximum absolute atomic E-state index is 13.6. The van der Waals surface area contributed by atoms with Crippen LogP contribution < -0.4 is 14.2 Å². The molecule has 0 fully saturated rings. The Morgan fingerprint density at radius 3 is 2.29 bits per heavy atom. The Labute approximate surface area is 218 Å². The highest BCUT2D eigenvalue weighted by molar-refractivity contribution is 6.00. The van der Waals surface area contributed by atoms with E-state index in [9.17, 15) is 14.9 Å². The highest BCUT2D eigenvalue weighted by Gasteiger charge is 2.42. The van der Waals surface area contributed by atoms with Crippen LogP contribution in [0.3, 0.4) is 0 Å². The Kier molecular flexibility index (Phi) is 6.69. The third-order valence-electron chi connectivity index (χ3n) is 6.74. The molecule has 0 saturated carbocycles. The number of aromatic nitrogens is 2. The van der Waals surface area contributed by atoms with Gasteiger partial charge in [-0.05, 0) is 66.1 Å². The number of methoxy groups -OCH3 is 3. The van der Waals surface area contributed by atoms with Crippen LogP contribution in [0.5, 0.6) is 17.2 Å². The molecule has 0 saturated heterocycles. The number of fused-ring (bicyclic) bond motifs is 1. The van der Waals surface area contributed by atoms with E-state index in [0.29, 0.717) is 41.6 Å². The number of hydrogen-bond donors (Lipinski definition) is 1. The van der Waals surface area contributed by atoms with Gasteiger partial charge in [0.05, 0.1) is 38.0 Å². The van der Waals surface area contributed by atoms with E-state index in [4.69, 9.17) is 14.2 Å². The number of rotatable bonds is 9. The molecule has 0 spiro atoms. The van der Waals surface area contributed by atoms with Crippen LogP contribution in [0.15, 0.2) is 66.7 Å². The van der Waals surface area contributed by atoms with Crippen LogP contribution in [0.25, 0.3) is 11.3 Å². The first-order valence-electron chi connectivity index (χ1n) is 11.9. The Balaban J connectivity index is 1.53. The maximum Gasteiger partial charge on any atom is 0.273 e. The van der Waals surface area contributed by atoms with Crippen LogP contribution in [0.1, 0.15) is 33.2 Å². The van der Waals surface area contributed by atoms with Crippen molar-refractivity contribution in [1.29, 1.82) is 0 Å². The van der Waals surface area contributed by atoms with Crippen molar-refractivity contribution in [3.05, 3.63) is 99.2 Å². The first kappa shape index (κ1) is 24.8. The number of non-ortho nitro benzene ring substituents is 1.